The van der Waals surface area contributed by atoms with E-state index in [0.717, 1.165) is 6.42 Å². The van der Waals surface area contributed by atoms with E-state index in [4.69, 9.17) is 4.74 Å². The molecule has 2 aliphatic rings. The van der Waals surface area contributed by atoms with Gasteiger partial charge in [-0.1, -0.05) is 6.92 Å². The van der Waals surface area contributed by atoms with Gasteiger partial charge >= 0.3 is 5.97 Å². The molecular formula is C9H14O2. The van der Waals surface area contributed by atoms with Crippen LogP contribution in [0.1, 0.15) is 26.2 Å². The number of esters is 1. The van der Waals surface area contributed by atoms with Crippen LogP contribution in [-0.2, 0) is 9.53 Å². The molecule has 0 aromatic rings. The Kier molecular flexibility index (Phi) is 1.63. The molecule has 1 saturated carbocycles. The van der Waals surface area contributed by atoms with E-state index in [1.165, 1.54) is 12.8 Å². The molecule has 0 spiro atoms. The monoisotopic (exact) mass is 154 g/mol. The maximum absolute atomic E-state index is 11.3. The van der Waals surface area contributed by atoms with Crippen molar-refractivity contribution >= 4 is 5.97 Å². The van der Waals surface area contributed by atoms with Crippen molar-refractivity contribution in [3.8, 4) is 0 Å². The highest BCUT2D eigenvalue weighted by atomic mass is 16.5. The molecule has 0 aromatic heterocycles. The van der Waals surface area contributed by atoms with Crippen LogP contribution in [0.4, 0.5) is 0 Å². The Morgan fingerprint density at radius 1 is 1.36 bits per heavy atom. The van der Waals surface area contributed by atoms with E-state index in [-0.39, 0.29) is 11.9 Å². The smallest absolute Gasteiger partial charge is 0.309 e. The van der Waals surface area contributed by atoms with Crippen molar-refractivity contribution in [2.45, 2.75) is 26.2 Å². The van der Waals surface area contributed by atoms with E-state index < -0.39 is 0 Å². The summed E-state index contributed by atoms with van der Waals surface area (Å²) in [7, 11) is 0. The normalized spacial score (nSPS) is 43.4. The second kappa shape index (κ2) is 2.50. The van der Waals surface area contributed by atoms with E-state index >= 15 is 0 Å². The van der Waals surface area contributed by atoms with Gasteiger partial charge in [0.25, 0.3) is 0 Å². The van der Waals surface area contributed by atoms with Crippen LogP contribution in [0.15, 0.2) is 0 Å². The summed E-state index contributed by atoms with van der Waals surface area (Å²) in [4.78, 5) is 11.3. The van der Waals surface area contributed by atoms with Crippen LogP contribution in [0.25, 0.3) is 0 Å². The molecule has 0 N–H and O–H groups in total. The summed E-state index contributed by atoms with van der Waals surface area (Å²) < 4.78 is 5.02. The van der Waals surface area contributed by atoms with Crippen LogP contribution < -0.4 is 0 Å². The van der Waals surface area contributed by atoms with Crippen LogP contribution >= 0.6 is 0 Å². The Morgan fingerprint density at radius 3 is 2.91 bits per heavy atom. The molecule has 2 nitrogen and oxygen atoms in total. The number of fused-ring (bicyclic) bond motifs is 1. The van der Waals surface area contributed by atoms with Gasteiger partial charge in [-0.15, -0.1) is 0 Å². The van der Waals surface area contributed by atoms with Gasteiger partial charge in [0.05, 0.1) is 12.5 Å². The van der Waals surface area contributed by atoms with E-state index in [1.807, 2.05) is 0 Å². The number of hydrogen-bond acceptors (Lipinski definition) is 2. The minimum Gasteiger partial charge on any atom is -0.465 e. The predicted molar refractivity (Wildman–Crippen MR) is 41.0 cm³/mol. The van der Waals surface area contributed by atoms with Gasteiger partial charge in [0.1, 0.15) is 0 Å². The maximum Gasteiger partial charge on any atom is 0.309 e. The number of cyclic esters (lactones) is 1. The van der Waals surface area contributed by atoms with E-state index in [2.05, 4.69) is 6.92 Å². The van der Waals surface area contributed by atoms with Crippen LogP contribution in [0.5, 0.6) is 0 Å². The third kappa shape index (κ3) is 1.05. The molecule has 62 valence electrons. The number of carbonyl (C=O) groups excluding carboxylic acids is 1. The van der Waals surface area contributed by atoms with Crippen molar-refractivity contribution in [2.24, 2.45) is 17.8 Å². The number of ether oxygens (including phenoxy) is 1. The Morgan fingerprint density at radius 2 is 2.18 bits per heavy atom. The molecule has 1 aliphatic carbocycles. The van der Waals surface area contributed by atoms with Crippen molar-refractivity contribution in [3.05, 3.63) is 0 Å². The molecule has 0 bridgehead atoms. The lowest BCUT2D eigenvalue weighted by Crippen LogP contribution is -2.31. The molecule has 11 heavy (non-hydrogen) atoms. The minimum absolute atomic E-state index is 0.0613. The zero-order chi connectivity index (χ0) is 7.84. The summed E-state index contributed by atoms with van der Waals surface area (Å²) in [6, 6.07) is 0. The van der Waals surface area contributed by atoms with Crippen LogP contribution in [0.2, 0.25) is 0 Å². The fraction of sp³-hybridized carbons (Fsp3) is 0.889. The van der Waals surface area contributed by atoms with Gasteiger partial charge in [0.2, 0.25) is 0 Å². The quantitative estimate of drug-likeness (QED) is 0.495. The first-order chi connectivity index (χ1) is 5.29. The zero-order valence-electron chi connectivity index (χ0n) is 6.88. The zero-order valence-corrected chi connectivity index (χ0v) is 6.88. The van der Waals surface area contributed by atoms with E-state index in [1.54, 1.807) is 0 Å². The Labute approximate surface area is 66.9 Å². The van der Waals surface area contributed by atoms with Crippen LogP contribution in [0.3, 0.4) is 0 Å². The largest absolute Gasteiger partial charge is 0.465 e. The van der Waals surface area contributed by atoms with Crippen molar-refractivity contribution in [1.82, 2.24) is 0 Å². The van der Waals surface area contributed by atoms with Gasteiger partial charge in [0.15, 0.2) is 0 Å². The molecular weight excluding hydrogens is 140 g/mol. The van der Waals surface area contributed by atoms with Gasteiger partial charge in [0, 0.05) is 0 Å². The molecule has 0 radical (unpaired) electrons. The molecule has 2 rings (SSSR count). The molecule has 0 aromatic carbocycles. The Bertz CT molecular complexity index is 174. The van der Waals surface area contributed by atoms with Crippen LogP contribution in [0, 0.1) is 17.8 Å². The molecule has 1 saturated heterocycles. The summed E-state index contributed by atoms with van der Waals surface area (Å²) in [5.41, 5.74) is 0. The summed E-state index contributed by atoms with van der Waals surface area (Å²) in [5, 5.41) is 0. The molecule has 1 heterocycles. The lowest BCUT2D eigenvalue weighted by Gasteiger charge is -2.26. The Balaban J connectivity index is 2.14. The van der Waals surface area contributed by atoms with Crippen molar-refractivity contribution in [2.75, 3.05) is 6.61 Å². The Hall–Kier alpha value is -0.530. The van der Waals surface area contributed by atoms with E-state index in [9.17, 15) is 4.79 Å². The first-order valence-corrected chi connectivity index (χ1v) is 4.45. The van der Waals surface area contributed by atoms with Crippen LogP contribution in [-0.4, -0.2) is 12.6 Å². The predicted octanol–water partition coefficient (Wildman–Crippen LogP) is 1.60. The first kappa shape index (κ1) is 7.14. The lowest BCUT2D eigenvalue weighted by atomic mass is 9.87. The minimum atomic E-state index is 0.0613. The molecule has 0 amide bonds. The summed E-state index contributed by atoms with van der Waals surface area (Å²) >= 11 is 0. The summed E-state index contributed by atoms with van der Waals surface area (Å²) in [6.07, 6.45) is 3.55. The van der Waals surface area contributed by atoms with Gasteiger partial charge in [-0.05, 0) is 31.1 Å². The highest BCUT2D eigenvalue weighted by molar-refractivity contribution is 5.74. The molecule has 1 aliphatic heterocycles. The van der Waals surface area contributed by atoms with E-state index in [0.29, 0.717) is 18.4 Å². The van der Waals surface area contributed by atoms with Gasteiger partial charge < -0.3 is 4.74 Å². The average molecular weight is 154 g/mol. The molecule has 2 fully saturated rings. The SMILES string of the molecule is CC1CC[C@@H]2CCOC(=O)[C@H]12. The molecule has 3 atom stereocenters. The lowest BCUT2D eigenvalue weighted by molar-refractivity contribution is -0.156. The number of carbonyl (C=O) groups is 1. The number of rotatable bonds is 0. The number of hydrogen-bond donors (Lipinski definition) is 0. The van der Waals surface area contributed by atoms with Crippen molar-refractivity contribution in [3.63, 3.8) is 0 Å². The standard InChI is InChI=1S/C9H14O2/c1-6-2-3-7-4-5-11-9(10)8(6)7/h6-8H,2-5H2,1H3/t6?,7-,8-/m1/s1. The van der Waals surface area contributed by atoms with Gasteiger partial charge in [-0.2, -0.15) is 0 Å². The molecule has 2 heteroatoms. The van der Waals surface area contributed by atoms with Crippen molar-refractivity contribution in [1.29, 1.82) is 0 Å². The van der Waals surface area contributed by atoms with Crippen molar-refractivity contribution < 1.29 is 9.53 Å². The average Bonchev–Trinajstić information content (AvgIpc) is 2.34. The third-order valence-corrected chi connectivity index (χ3v) is 3.12. The first-order valence-electron chi connectivity index (χ1n) is 4.45. The molecule has 1 unspecified atom stereocenters. The highest BCUT2D eigenvalue weighted by Crippen LogP contribution is 2.41. The maximum atomic E-state index is 11.3. The van der Waals surface area contributed by atoms with Gasteiger partial charge in [-0.25, -0.2) is 0 Å². The fourth-order valence-electron chi connectivity index (χ4n) is 2.46. The summed E-state index contributed by atoms with van der Waals surface area (Å²) in [5.74, 6) is 1.51. The third-order valence-electron chi connectivity index (χ3n) is 3.12. The fourth-order valence-corrected chi connectivity index (χ4v) is 2.46. The second-order valence-corrected chi connectivity index (χ2v) is 3.80. The summed E-state index contributed by atoms with van der Waals surface area (Å²) in [6.45, 7) is 2.82. The highest BCUT2D eigenvalue weighted by Gasteiger charge is 2.41. The second-order valence-electron chi connectivity index (χ2n) is 3.80. The van der Waals surface area contributed by atoms with Gasteiger partial charge in [-0.3, -0.25) is 4.79 Å². The topological polar surface area (TPSA) is 26.3 Å².